The van der Waals surface area contributed by atoms with Crippen molar-refractivity contribution in [1.82, 2.24) is 0 Å². The average Bonchev–Trinajstić information content (AvgIpc) is 3.15. The molecule has 2 atom stereocenters. The largest absolute Gasteiger partial charge is 0.457 e. The van der Waals surface area contributed by atoms with Crippen LogP contribution in [0.25, 0.3) is 0 Å². The molecule has 0 amide bonds. The van der Waals surface area contributed by atoms with Crippen LogP contribution in [0.5, 0.6) is 11.5 Å². The van der Waals surface area contributed by atoms with Crippen molar-refractivity contribution in [2.24, 2.45) is 0 Å². The van der Waals surface area contributed by atoms with Gasteiger partial charge >= 0.3 is 6.18 Å². The predicted molar refractivity (Wildman–Crippen MR) is 105 cm³/mol. The normalized spacial score (nSPS) is 19.4. The van der Waals surface area contributed by atoms with E-state index in [-0.39, 0.29) is 6.54 Å². The zero-order valence-corrected chi connectivity index (χ0v) is 15.8. The lowest BCUT2D eigenvalue weighted by Gasteiger charge is -2.26. The third kappa shape index (κ3) is 4.38. The molecule has 1 saturated heterocycles. The molecule has 1 fully saturated rings. The summed E-state index contributed by atoms with van der Waals surface area (Å²) in [7, 11) is 0. The van der Waals surface area contributed by atoms with Gasteiger partial charge in [0.2, 0.25) is 0 Å². The first-order valence-electron chi connectivity index (χ1n) is 9.28. The van der Waals surface area contributed by atoms with Crippen molar-refractivity contribution in [3.63, 3.8) is 0 Å². The highest BCUT2D eigenvalue weighted by atomic mass is 19.4. The molecule has 3 aromatic carbocycles. The number of benzene rings is 3. The average molecular weight is 399 g/mol. The molecule has 0 bridgehead atoms. The first-order chi connectivity index (χ1) is 13.9. The molecule has 0 N–H and O–H groups in total. The van der Waals surface area contributed by atoms with Crippen molar-refractivity contribution in [2.45, 2.75) is 25.4 Å². The molecule has 0 radical (unpaired) electrons. The highest BCUT2D eigenvalue weighted by Gasteiger charge is 2.49. The molecule has 6 heteroatoms. The standard InChI is InChI=1S/C23H20F3NO2/c1-16-7-5-8-17(13-16)22-27(15-21(29-22)23(24,25)26)18-9-6-12-20(14-18)28-19-10-3-2-4-11-19/h2-14,21-22H,15H2,1H3/t21?,22-/m0/s1. The Balaban J connectivity index is 1.66. The number of hydrogen-bond donors (Lipinski definition) is 0. The Kier molecular flexibility index (Phi) is 5.20. The van der Waals surface area contributed by atoms with E-state index < -0.39 is 18.5 Å². The van der Waals surface area contributed by atoms with E-state index >= 15 is 0 Å². The number of ether oxygens (including phenoxy) is 2. The number of halogens is 3. The first kappa shape index (κ1) is 19.3. The van der Waals surface area contributed by atoms with Crippen LogP contribution in [0.15, 0.2) is 78.9 Å². The fourth-order valence-electron chi connectivity index (χ4n) is 3.40. The number of para-hydroxylation sites is 1. The highest BCUT2D eigenvalue weighted by Crippen LogP contribution is 2.41. The Morgan fingerprint density at radius 3 is 2.34 bits per heavy atom. The number of aryl methyl sites for hydroxylation is 1. The molecule has 3 aromatic rings. The van der Waals surface area contributed by atoms with Gasteiger partial charge in [0.1, 0.15) is 11.5 Å². The lowest BCUT2D eigenvalue weighted by atomic mass is 10.1. The van der Waals surface area contributed by atoms with E-state index in [9.17, 15) is 13.2 Å². The van der Waals surface area contributed by atoms with Gasteiger partial charge in [-0.15, -0.1) is 0 Å². The third-order valence-electron chi connectivity index (χ3n) is 4.76. The minimum Gasteiger partial charge on any atom is -0.457 e. The fraction of sp³-hybridized carbons (Fsp3) is 0.217. The van der Waals surface area contributed by atoms with E-state index in [0.717, 1.165) is 5.56 Å². The second-order valence-corrected chi connectivity index (χ2v) is 7.00. The van der Waals surface area contributed by atoms with Gasteiger partial charge in [0.25, 0.3) is 0 Å². The second-order valence-electron chi connectivity index (χ2n) is 7.00. The van der Waals surface area contributed by atoms with Gasteiger partial charge in [-0.05, 0) is 31.2 Å². The molecule has 1 heterocycles. The van der Waals surface area contributed by atoms with Gasteiger partial charge in [-0.2, -0.15) is 13.2 Å². The molecule has 1 aliphatic heterocycles. The van der Waals surface area contributed by atoms with Gasteiger partial charge in [-0.1, -0.05) is 54.1 Å². The third-order valence-corrected chi connectivity index (χ3v) is 4.76. The van der Waals surface area contributed by atoms with E-state index in [1.54, 1.807) is 35.2 Å². The quantitative estimate of drug-likeness (QED) is 0.517. The Hall–Kier alpha value is -2.99. The number of hydrogen-bond acceptors (Lipinski definition) is 3. The molecule has 1 aliphatic rings. The van der Waals surface area contributed by atoms with Gasteiger partial charge in [-0.25, -0.2) is 0 Å². The zero-order chi connectivity index (χ0) is 20.4. The lowest BCUT2D eigenvalue weighted by molar-refractivity contribution is -0.212. The molecule has 4 rings (SSSR count). The Labute approximate surface area is 167 Å². The molecule has 0 spiro atoms. The highest BCUT2D eigenvalue weighted by molar-refractivity contribution is 5.54. The lowest BCUT2D eigenvalue weighted by Crippen LogP contribution is -2.33. The number of anilines is 1. The SMILES string of the molecule is Cc1cccc([C@@H]2OC(C(F)(F)F)CN2c2cccc(Oc3ccccc3)c2)c1. The van der Waals surface area contributed by atoms with Gasteiger partial charge in [-0.3, -0.25) is 0 Å². The molecule has 0 saturated carbocycles. The smallest absolute Gasteiger partial charge is 0.416 e. The van der Waals surface area contributed by atoms with Crippen molar-refractivity contribution in [2.75, 3.05) is 11.4 Å². The summed E-state index contributed by atoms with van der Waals surface area (Å²) < 4.78 is 51.5. The maximum atomic E-state index is 13.4. The first-order valence-corrected chi connectivity index (χ1v) is 9.28. The Morgan fingerprint density at radius 2 is 1.62 bits per heavy atom. The predicted octanol–water partition coefficient (Wildman–Crippen LogP) is 6.25. The summed E-state index contributed by atoms with van der Waals surface area (Å²) in [6.07, 6.45) is -7.12. The summed E-state index contributed by atoms with van der Waals surface area (Å²) in [5, 5.41) is 0. The Bertz CT molecular complexity index is 975. The summed E-state index contributed by atoms with van der Waals surface area (Å²) in [4.78, 5) is 1.63. The van der Waals surface area contributed by atoms with Crippen LogP contribution in [0.4, 0.5) is 18.9 Å². The van der Waals surface area contributed by atoms with Crippen LogP contribution in [-0.2, 0) is 4.74 Å². The van der Waals surface area contributed by atoms with Crippen molar-refractivity contribution >= 4 is 5.69 Å². The number of rotatable bonds is 4. The molecule has 29 heavy (non-hydrogen) atoms. The maximum Gasteiger partial charge on any atom is 0.416 e. The van der Waals surface area contributed by atoms with Crippen LogP contribution in [-0.4, -0.2) is 18.8 Å². The molecule has 3 nitrogen and oxygen atoms in total. The Morgan fingerprint density at radius 1 is 0.897 bits per heavy atom. The van der Waals surface area contributed by atoms with Crippen LogP contribution in [0.1, 0.15) is 17.4 Å². The summed E-state index contributed by atoms with van der Waals surface area (Å²) in [6.45, 7) is 1.62. The molecular formula is C23H20F3NO2. The van der Waals surface area contributed by atoms with Crippen LogP contribution in [0, 0.1) is 6.92 Å². The second kappa shape index (κ2) is 7.79. The van der Waals surface area contributed by atoms with Crippen molar-refractivity contribution in [1.29, 1.82) is 0 Å². The molecule has 0 aromatic heterocycles. The minimum absolute atomic E-state index is 0.281. The summed E-state index contributed by atoms with van der Waals surface area (Å²) in [5.41, 5.74) is 2.26. The zero-order valence-electron chi connectivity index (χ0n) is 15.8. The van der Waals surface area contributed by atoms with Gasteiger partial charge in [0, 0.05) is 17.3 Å². The van der Waals surface area contributed by atoms with E-state index in [1.165, 1.54) is 0 Å². The van der Waals surface area contributed by atoms with Crippen LogP contribution in [0.3, 0.4) is 0 Å². The van der Waals surface area contributed by atoms with Crippen LogP contribution >= 0.6 is 0 Å². The minimum atomic E-state index is -4.44. The number of alkyl halides is 3. The summed E-state index contributed by atoms with van der Waals surface area (Å²) in [5.74, 6) is 1.21. The van der Waals surface area contributed by atoms with Crippen molar-refractivity contribution < 1.29 is 22.6 Å². The van der Waals surface area contributed by atoms with E-state index in [0.29, 0.717) is 22.7 Å². The molecule has 1 unspecified atom stereocenters. The topological polar surface area (TPSA) is 21.7 Å². The van der Waals surface area contributed by atoms with Gasteiger partial charge < -0.3 is 14.4 Å². The van der Waals surface area contributed by atoms with Gasteiger partial charge in [0.05, 0.1) is 6.54 Å². The molecule has 0 aliphatic carbocycles. The van der Waals surface area contributed by atoms with E-state index in [1.807, 2.05) is 55.5 Å². The summed E-state index contributed by atoms with van der Waals surface area (Å²) in [6, 6.07) is 23.6. The monoisotopic (exact) mass is 399 g/mol. The van der Waals surface area contributed by atoms with Crippen LogP contribution in [0.2, 0.25) is 0 Å². The van der Waals surface area contributed by atoms with Crippen molar-refractivity contribution in [3.8, 4) is 11.5 Å². The molecular weight excluding hydrogens is 379 g/mol. The van der Waals surface area contributed by atoms with E-state index in [4.69, 9.17) is 9.47 Å². The van der Waals surface area contributed by atoms with E-state index in [2.05, 4.69) is 0 Å². The number of nitrogens with zero attached hydrogens (tertiary/aromatic N) is 1. The van der Waals surface area contributed by atoms with Crippen LogP contribution < -0.4 is 9.64 Å². The van der Waals surface area contributed by atoms with Gasteiger partial charge in [0.15, 0.2) is 12.3 Å². The fourth-order valence-corrected chi connectivity index (χ4v) is 3.40. The molecule has 150 valence electrons. The maximum absolute atomic E-state index is 13.4. The van der Waals surface area contributed by atoms with Crippen molar-refractivity contribution in [3.05, 3.63) is 90.0 Å². The summed E-state index contributed by atoms with van der Waals surface area (Å²) >= 11 is 0.